The van der Waals surface area contributed by atoms with Crippen molar-refractivity contribution in [3.8, 4) is 5.75 Å². The normalized spacial score (nSPS) is 11.4. The van der Waals surface area contributed by atoms with E-state index in [0.717, 1.165) is 10.6 Å². The first-order chi connectivity index (χ1) is 10.1. The number of ether oxygens (including phenoxy) is 1. The minimum absolute atomic E-state index is 0.274. The number of hydrogen-bond acceptors (Lipinski definition) is 4. The van der Waals surface area contributed by atoms with E-state index in [4.69, 9.17) is 16.3 Å². The van der Waals surface area contributed by atoms with E-state index in [0.29, 0.717) is 18.0 Å². The van der Waals surface area contributed by atoms with Crippen LogP contribution in [0.5, 0.6) is 5.75 Å². The van der Waals surface area contributed by atoms with Crippen LogP contribution in [0.25, 0.3) is 0 Å². The Kier molecular flexibility index (Phi) is 6.49. The Morgan fingerprint density at radius 1 is 1.41 bits per heavy atom. The topological polar surface area (TPSA) is 75.7 Å². The van der Waals surface area contributed by atoms with Gasteiger partial charge in [0.05, 0.1) is 24.1 Å². The van der Waals surface area contributed by atoms with E-state index in [-0.39, 0.29) is 23.4 Å². The Morgan fingerprint density at radius 3 is 2.50 bits per heavy atom. The fourth-order valence-corrected chi connectivity index (χ4v) is 2.81. The summed E-state index contributed by atoms with van der Waals surface area (Å²) in [4.78, 5) is 11.9. The summed E-state index contributed by atoms with van der Waals surface area (Å²) in [5.74, 6) is 0.347. The number of methoxy groups -OCH3 is 1. The number of rotatable bonds is 7. The van der Waals surface area contributed by atoms with Gasteiger partial charge in [-0.2, -0.15) is 0 Å². The molecule has 0 atom stereocenters. The highest BCUT2D eigenvalue weighted by Crippen LogP contribution is 2.30. The second kappa shape index (κ2) is 7.69. The van der Waals surface area contributed by atoms with Crippen LogP contribution in [0.15, 0.2) is 18.2 Å². The molecule has 8 heteroatoms. The van der Waals surface area contributed by atoms with Gasteiger partial charge in [0.25, 0.3) is 0 Å². The SMILES string of the molecule is COc1ccc(N(CC(=O)NCC(C)C)S(C)(=O)=O)cc1Cl. The summed E-state index contributed by atoms with van der Waals surface area (Å²) in [6.45, 7) is 4.10. The maximum Gasteiger partial charge on any atom is 0.240 e. The van der Waals surface area contributed by atoms with Crippen LogP contribution in [0.3, 0.4) is 0 Å². The third-order valence-electron chi connectivity index (χ3n) is 2.82. The third-order valence-corrected chi connectivity index (χ3v) is 4.25. The lowest BCUT2D eigenvalue weighted by Crippen LogP contribution is -2.41. The summed E-state index contributed by atoms with van der Waals surface area (Å²) in [5.41, 5.74) is 0.313. The lowest BCUT2D eigenvalue weighted by atomic mass is 10.2. The van der Waals surface area contributed by atoms with E-state index in [2.05, 4.69) is 5.32 Å². The van der Waals surface area contributed by atoms with Gasteiger partial charge in [-0.15, -0.1) is 0 Å². The molecule has 0 unspecified atom stereocenters. The highest BCUT2D eigenvalue weighted by molar-refractivity contribution is 7.92. The molecule has 0 saturated carbocycles. The number of carbonyl (C=O) groups excluding carboxylic acids is 1. The Hall–Kier alpha value is -1.47. The van der Waals surface area contributed by atoms with Gasteiger partial charge in [0.2, 0.25) is 15.9 Å². The fraction of sp³-hybridized carbons (Fsp3) is 0.500. The summed E-state index contributed by atoms with van der Waals surface area (Å²) in [6.07, 6.45) is 1.04. The molecule has 1 aromatic carbocycles. The predicted octanol–water partition coefficient (Wildman–Crippen LogP) is 1.89. The van der Waals surface area contributed by atoms with Gasteiger partial charge in [0.15, 0.2) is 0 Å². The number of anilines is 1. The molecule has 0 heterocycles. The number of nitrogens with one attached hydrogen (secondary N) is 1. The standard InChI is InChI=1S/C14H21ClN2O4S/c1-10(2)8-16-14(18)9-17(22(4,19)20)11-5-6-13(21-3)12(15)7-11/h5-7,10H,8-9H2,1-4H3,(H,16,18). The van der Waals surface area contributed by atoms with E-state index in [1.54, 1.807) is 12.1 Å². The largest absolute Gasteiger partial charge is 0.495 e. The highest BCUT2D eigenvalue weighted by Gasteiger charge is 2.21. The number of halogens is 1. The molecule has 0 fully saturated rings. The predicted molar refractivity (Wildman–Crippen MR) is 88.0 cm³/mol. The van der Waals surface area contributed by atoms with E-state index in [1.165, 1.54) is 13.2 Å². The zero-order valence-corrected chi connectivity index (χ0v) is 14.7. The van der Waals surface area contributed by atoms with Crippen LogP contribution in [0.4, 0.5) is 5.69 Å². The number of carbonyl (C=O) groups is 1. The molecule has 124 valence electrons. The second-order valence-corrected chi connectivity index (χ2v) is 7.60. The molecule has 1 aromatic rings. The minimum Gasteiger partial charge on any atom is -0.495 e. The van der Waals surface area contributed by atoms with Crippen LogP contribution in [0.2, 0.25) is 5.02 Å². The van der Waals surface area contributed by atoms with Gasteiger partial charge in [-0.05, 0) is 24.1 Å². The van der Waals surface area contributed by atoms with Crippen LogP contribution in [0.1, 0.15) is 13.8 Å². The maximum absolute atomic E-state index is 11.9. The molecule has 22 heavy (non-hydrogen) atoms. The van der Waals surface area contributed by atoms with Crippen molar-refractivity contribution in [1.82, 2.24) is 5.32 Å². The van der Waals surface area contributed by atoms with Gasteiger partial charge < -0.3 is 10.1 Å². The molecule has 0 spiro atoms. The van der Waals surface area contributed by atoms with Gasteiger partial charge >= 0.3 is 0 Å². The summed E-state index contributed by atoms with van der Waals surface area (Å²) in [5, 5.41) is 2.96. The fourth-order valence-electron chi connectivity index (χ4n) is 1.71. The molecule has 0 aliphatic carbocycles. The van der Waals surface area contributed by atoms with E-state index in [1.807, 2.05) is 13.8 Å². The lowest BCUT2D eigenvalue weighted by Gasteiger charge is -2.22. The van der Waals surface area contributed by atoms with E-state index >= 15 is 0 Å². The number of amides is 1. The van der Waals surface area contributed by atoms with Crippen LogP contribution >= 0.6 is 11.6 Å². The van der Waals surface area contributed by atoms with Crippen molar-refractivity contribution >= 4 is 33.2 Å². The average molecular weight is 349 g/mol. The molecule has 1 N–H and O–H groups in total. The molecule has 0 saturated heterocycles. The monoisotopic (exact) mass is 348 g/mol. The Bertz CT molecular complexity index is 632. The minimum atomic E-state index is -3.61. The van der Waals surface area contributed by atoms with Crippen LogP contribution in [-0.2, 0) is 14.8 Å². The van der Waals surface area contributed by atoms with Crippen LogP contribution in [-0.4, -0.2) is 40.8 Å². The molecule has 0 aliphatic rings. The molecule has 0 radical (unpaired) electrons. The Balaban J connectivity index is 3.00. The first kappa shape index (κ1) is 18.6. The quantitative estimate of drug-likeness (QED) is 0.816. The van der Waals surface area contributed by atoms with Crippen LogP contribution < -0.4 is 14.4 Å². The van der Waals surface area contributed by atoms with Crippen molar-refractivity contribution in [2.45, 2.75) is 13.8 Å². The van der Waals surface area contributed by atoms with Crippen molar-refractivity contribution in [2.24, 2.45) is 5.92 Å². The maximum atomic E-state index is 11.9. The van der Waals surface area contributed by atoms with Crippen molar-refractivity contribution in [1.29, 1.82) is 0 Å². The van der Waals surface area contributed by atoms with Crippen molar-refractivity contribution in [3.05, 3.63) is 23.2 Å². The molecule has 0 aliphatic heterocycles. The molecule has 0 bridgehead atoms. The van der Waals surface area contributed by atoms with Crippen LogP contribution in [0, 0.1) is 5.92 Å². The van der Waals surface area contributed by atoms with E-state index in [9.17, 15) is 13.2 Å². The van der Waals surface area contributed by atoms with Gasteiger partial charge in [-0.25, -0.2) is 8.42 Å². The molecular formula is C14H21ClN2O4S. The van der Waals surface area contributed by atoms with Crippen molar-refractivity contribution in [3.63, 3.8) is 0 Å². The van der Waals surface area contributed by atoms with Gasteiger partial charge in [-0.1, -0.05) is 25.4 Å². The van der Waals surface area contributed by atoms with Gasteiger partial charge in [0, 0.05) is 6.54 Å². The summed E-state index contributed by atoms with van der Waals surface area (Å²) in [6, 6.07) is 4.56. The highest BCUT2D eigenvalue weighted by atomic mass is 35.5. The third kappa shape index (κ3) is 5.38. The molecule has 1 amide bonds. The Labute approximate surface area is 136 Å². The Morgan fingerprint density at radius 2 is 2.05 bits per heavy atom. The van der Waals surface area contributed by atoms with Crippen molar-refractivity contribution < 1.29 is 17.9 Å². The number of hydrogen-bond donors (Lipinski definition) is 1. The van der Waals surface area contributed by atoms with E-state index < -0.39 is 10.0 Å². The van der Waals surface area contributed by atoms with Crippen molar-refractivity contribution in [2.75, 3.05) is 30.8 Å². The second-order valence-electron chi connectivity index (χ2n) is 5.29. The average Bonchev–Trinajstić information content (AvgIpc) is 2.41. The molecule has 0 aromatic heterocycles. The number of sulfonamides is 1. The lowest BCUT2D eigenvalue weighted by molar-refractivity contribution is -0.119. The zero-order chi connectivity index (χ0) is 16.9. The molecule has 6 nitrogen and oxygen atoms in total. The van der Waals surface area contributed by atoms with Gasteiger partial charge in [-0.3, -0.25) is 9.10 Å². The summed E-state index contributed by atoms with van der Waals surface area (Å²) in [7, 11) is -2.15. The summed E-state index contributed by atoms with van der Waals surface area (Å²) < 4.78 is 29.9. The smallest absolute Gasteiger partial charge is 0.240 e. The molecular weight excluding hydrogens is 328 g/mol. The first-order valence-electron chi connectivity index (χ1n) is 6.73. The zero-order valence-electron chi connectivity index (χ0n) is 13.1. The first-order valence-corrected chi connectivity index (χ1v) is 8.95. The number of nitrogens with zero attached hydrogens (tertiary/aromatic N) is 1. The summed E-state index contributed by atoms with van der Waals surface area (Å²) >= 11 is 6.02. The molecule has 1 rings (SSSR count). The number of benzene rings is 1. The van der Waals surface area contributed by atoms with Gasteiger partial charge in [0.1, 0.15) is 12.3 Å².